The molecule has 0 radical (unpaired) electrons. The molecule has 0 saturated carbocycles. The molecule has 0 fully saturated rings. The Kier molecular flexibility index (Phi) is 11.3. The average Bonchev–Trinajstić information content (AvgIpc) is 2.42. The van der Waals surface area contributed by atoms with Gasteiger partial charge in [-0.2, -0.15) is 0 Å². The van der Waals surface area contributed by atoms with E-state index in [2.05, 4.69) is 16.0 Å². The van der Waals surface area contributed by atoms with E-state index >= 15 is 0 Å². The number of alkyl halides is 1. The number of sulfonamides is 1. The van der Waals surface area contributed by atoms with E-state index < -0.39 is 16.0 Å². The molecule has 0 heterocycles. The first-order valence-corrected chi connectivity index (χ1v) is 8.49. The summed E-state index contributed by atoms with van der Waals surface area (Å²) in [7, 11) is -3.31. The van der Waals surface area contributed by atoms with Crippen LogP contribution in [0.4, 0.5) is 4.39 Å². The second-order valence-corrected chi connectivity index (χ2v) is 6.32. The minimum atomic E-state index is -3.31. The minimum Gasteiger partial charge on any atom is -0.461 e. The van der Waals surface area contributed by atoms with Crippen LogP contribution in [0.3, 0.4) is 0 Å². The number of hydrogen-bond acceptors (Lipinski definition) is 4. The average molecular weight is 309 g/mol. The molecule has 0 aromatic rings. The molecule has 7 heteroatoms. The van der Waals surface area contributed by atoms with Crippen LogP contribution < -0.4 is 4.72 Å². The Morgan fingerprint density at radius 3 is 2.35 bits per heavy atom. The van der Waals surface area contributed by atoms with Crippen LogP contribution in [-0.2, 0) is 19.6 Å². The highest BCUT2D eigenvalue weighted by Gasteiger charge is 2.09. The van der Waals surface area contributed by atoms with Gasteiger partial charge in [0.1, 0.15) is 6.61 Å². The molecule has 0 spiro atoms. The smallest absolute Gasteiger partial charge is 0.330 e. The molecule has 0 aliphatic rings. The fraction of sp³-hybridized carbons (Fsp3) is 0.769. The predicted molar refractivity (Wildman–Crippen MR) is 76.6 cm³/mol. The Bertz CT molecular complexity index is 371. The summed E-state index contributed by atoms with van der Waals surface area (Å²) in [5.74, 6) is -0.511. The molecule has 0 saturated heterocycles. The maximum absolute atomic E-state index is 11.8. The van der Waals surface area contributed by atoms with Gasteiger partial charge in [-0.1, -0.05) is 32.3 Å². The van der Waals surface area contributed by atoms with Crippen LogP contribution in [0.5, 0.6) is 0 Å². The van der Waals surface area contributed by atoms with Crippen molar-refractivity contribution in [2.45, 2.75) is 38.5 Å². The van der Waals surface area contributed by atoms with E-state index in [1.165, 1.54) is 0 Å². The largest absolute Gasteiger partial charge is 0.461 e. The van der Waals surface area contributed by atoms with E-state index in [1.807, 2.05) is 0 Å². The van der Waals surface area contributed by atoms with Crippen LogP contribution >= 0.6 is 0 Å². The monoisotopic (exact) mass is 309 g/mol. The van der Waals surface area contributed by atoms with E-state index in [0.717, 1.165) is 31.8 Å². The van der Waals surface area contributed by atoms with Crippen molar-refractivity contribution in [2.24, 2.45) is 0 Å². The molecule has 1 N–H and O–H groups in total. The fourth-order valence-electron chi connectivity index (χ4n) is 1.57. The van der Waals surface area contributed by atoms with E-state index in [1.54, 1.807) is 0 Å². The number of esters is 1. The zero-order chi connectivity index (χ0) is 15.3. The number of carbonyl (C=O) groups excluding carboxylic acids is 1. The van der Waals surface area contributed by atoms with Crippen molar-refractivity contribution in [1.82, 2.24) is 4.72 Å². The number of ether oxygens (including phenoxy) is 1. The quantitative estimate of drug-likeness (QED) is 0.321. The van der Waals surface area contributed by atoms with Crippen LogP contribution in [0.1, 0.15) is 38.5 Å². The first-order chi connectivity index (χ1) is 9.52. The standard InChI is InChI=1S/C13H24FNO4S/c1-2-13(16)19-11-10-15-20(17,18)12-8-6-4-3-5-7-9-14/h2,15H,1,3-12H2. The van der Waals surface area contributed by atoms with Gasteiger partial charge in [0.25, 0.3) is 0 Å². The van der Waals surface area contributed by atoms with Crippen molar-refractivity contribution in [3.63, 3.8) is 0 Å². The summed E-state index contributed by atoms with van der Waals surface area (Å²) in [6.07, 6.45) is 5.73. The van der Waals surface area contributed by atoms with Crippen molar-refractivity contribution in [2.75, 3.05) is 25.6 Å². The van der Waals surface area contributed by atoms with E-state index in [0.29, 0.717) is 12.8 Å². The molecule has 20 heavy (non-hydrogen) atoms. The van der Waals surface area contributed by atoms with Crippen molar-refractivity contribution in [3.8, 4) is 0 Å². The molecule has 0 aromatic heterocycles. The van der Waals surface area contributed by atoms with Gasteiger partial charge in [0.2, 0.25) is 10.0 Å². The molecule has 0 aromatic carbocycles. The zero-order valence-electron chi connectivity index (χ0n) is 11.8. The van der Waals surface area contributed by atoms with Crippen LogP contribution in [0.2, 0.25) is 0 Å². The van der Waals surface area contributed by atoms with Crippen molar-refractivity contribution >= 4 is 16.0 Å². The zero-order valence-corrected chi connectivity index (χ0v) is 12.6. The molecule has 0 aliphatic carbocycles. The molecule has 5 nitrogen and oxygen atoms in total. The third-order valence-corrected chi connectivity index (χ3v) is 4.10. The van der Waals surface area contributed by atoms with Gasteiger partial charge in [0, 0.05) is 12.6 Å². The highest BCUT2D eigenvalue weighted by molar-refractivity contribution is 7.89. The topological polar surface area (TPSA) is 72.5 Å². The summed E-state index contributed by atoms with van der Waals surface area (Å²) in [5.41, 5.74) is 0. The predicted octanol–water partition coefficient (Wildman–Crippen LogP) is 1.95. The Hall–Kier alpha value is -0.950. The van der Waals surface area contributed by atoms with Gasteiger partial charge in [0.15, 0.2) is 0 Å². The summed E-state index contributed by atoms with van der Waals surface area (Å²) in [6, 6.07) is 0. The Labute approximate surface area is 120 Å². The van der Waals surface area contributed by atoms with Crippen LogP contribution in [0.25, 0.3) is 0 Å². The normalized spacial score (nSPS) is 11.2. The Balaban J connectivity index is 3.54. The van der Waals surface area contributed by atoms with Gasteiger partial charge in [-0.05, 0) is 12.8 Å². The second kappa shape index (κ2) is 11.8. The number of halogens is 1. The molecule has 0 rings (SSSR count). The lowest BCUT2D eigenvalue weighted by molar-refractivity contribution is -0.137. The lowest BCUT2D eigenvalue weighted by Crippen LogP contribution is -2.30. The van der Waals surface area contributed by atoms with Crippen molar-refractivity contribution < 1.29 is 22.3 Å². The van der Waals surface area contributed by atoms with E-state index in [9.17, 15) is 17.6 Å². The number of rotatable bonds is 13. The van der Waals surface area contributed by atoms with Crippen molar-refractivity contribution in [3.05, 3.63) is 12.7 Å². The molecule has 0 unspecified atom stereocenters. The van der Waals surface area contributed by atoms with Crippen LogP contribution in [0, 0.1) is 0 Å². The number of unbranched alkanes of at least 4 members (excludes halogenated alkanes) is 5. The number of carbonyl (C=O) groups is 1. The molecule has 0 aliphatic heterocycles. The van der Waals surface area contributed by atoms with Gasteiger partial charge in [-0.3, -0.25) is 4.39 Å². The lowest BCUT2D eigenvalue weighted by atomic mass is 10.1. The third kappa shape index (κ3) is 12.1. The second-order valence-electron chi connectivity index (χ2n) is 4.40. The fourth-order valence-corrected chi connectivity index (χ4v) is 2.70. The van der Waals surface area contributed by atoms with E-state index in [-0.39, 0.29) is 25.6 Å². The lowest BCUT2D eigenvalue weighted by Gasteiger charge is -2.06. The molecular formula is C13H24FNO4S. The summed E-state index contributed by atoms with van der Waals surface area (Å²) >= 11 is 0. The van der Waals surface area contributed by atoms with E-state index in [4.69, 9.17) is 0 Å². The Morgan fingerprint density at radius 2 is 1.75 bits per heavy atom. The summed E-state index contributed by atoms with van der Waals surface area (Å²) in [4.78, 5) is 10.7. The maximum atomic E-state index is 11.8. The molecular weight excluding hydrogens is 285 g/mol. The SMILES string of the molecule is C=CC(=O)OCCNS(=O)(=O)CCCCCCCCF. The van der Waals surface area contributed by atoms with Gasteiger partial charge < -0.3 is 4.74 Å². The van der Waals surface area contributed by atoms with Gasteiger partial charge in [-0.15, -0.1) is 0 Å². The first kappa shape index (κ1) is 19.1. The molecule has 0 bridgehead atoms. The minimum absolute atomic E-state index is 0.00663. The molecule has 0 atom stereocenters. The van der Waals surface area contributed by atoms with Crippen LogP contribution in [-0.4, -0.2) is 40.0 Å². The van der Waals surface area contributed by atoms with Gasteiger partial charge >= 0.3 is 5.97 Å². The Morgan fingerprint density at radius 1 is 1.15 bits per heavy atom. The summed E-state index contributed by atoms with van der Waals surface area (Å²) < 4.78 is 42.0. The first-order valence-electron chi connectivity index (χ1n) is 6.84. The van der Waals surface area contributed by atoms with Crippen LogP contribution in [0.15, 0.2) is 12.7 Å². The molecule has 0 amide bonds. The van der Waals surface area contributed by atoms with Gasteiger partial charge in [0.05, 0.1) is 12.4 Å². The highest BCUT2D eigenvalue weighted by Crippen LogP contribution is 2.06. The summed E-state index contributed by atoms with van der Waals surface area (Å²) in [6.45, 7) is 3.01. The summed E-state index contributed by atoms with van der Waals surface area (Å²) in [5, 5.41) is 0. The van der Waals surface area contributed by atoms with Crippen molar-refractivity contribution in [1.29, 1.82) is 0 Å². The number of nitrogens with one attached hydrogen (secondary N) is 1. The highest BCUT2D eigenvalue weighted by atomic mass is 32.2. The third-order valence-electron chi connectivity index (χ3n) is 2.63. The maximum Gasteiger partial charge on any atom is 0.330 e. The number of hydrogen-bond donors (Lipinski definition) is 1. The van der Waals surface area contributed by atoms with Gasteiger partial charge in [-0.25, -0.2) is 17.9 Å². The molecule has 118 valence electrons.